The second kappa shape index (κ2) is 5.77. The number of imidazole rings is 1. The zero-order valence-corrected chi connectivity index (χ0v) is 11.7. The smallest absolute Gasteiger partial charge is 0.195 e. The van der Waals surface area contributed by atoms with Crippen molar-refractivity contribution in [2.75, 3.05) is 6.61 Å². The number of hydrogen-bond acceptors (Lipinski definition) is 3. The zero-order valence-electron chi connectivity index (χ0n) is 11.7. The molecule has 0 amide bonds. The molecule has 2 heterocycles. The van der Waals surface area contributed by atoms with Crippen molar-refractivity contribution in [3.8, 4) is 0 Å². The molecule has 106 valence electrons. The van der Waals surface area contributed by atoms with E-state index >= 15 is 0 Å². The highest BCUT2D eigenvalue weighted by Gasteiger charge is 2.40. The van der Waals surface area contributed by atoms with Crippen LogP contribution < -0.4 is 0 Å². The van der Waals surface area contributed by atoms with E-state index in [0.29, 0.717) is 6.61 Å². The summed E-state index contributed by atoms with van der Waals surface area (Å²) in [5, 5.41) is 0. The molecule has 0 saturated carbocycles. The Labute approximate surface area is 119 Å². The van der Waals surface area contributed by atoms with E-state index < -0.39 is 5.79 Å². The molecule has 1 aliphatic heterocycles. The number of rotatable bonds is 5. The standard InChI is InChI=1S/C16H20N2O2/c1-14-12-19-16(20-14,15-6-3-2-4-7-15)8-5-10-18-11-9-17-13-18/h2-4,6-7,9,11,13-14H,5,8,10,12H2,1H3. The van der Waals surface area contributed by atoms with Crippen molar-refractivity contribution in [3.63, 3.8) is 0 Å². The van der Waals surface area contributed by atoms with Gasteiger partial charge >= 0.3 is 0 Å². The van der Waals surface area contributed by atoms with E-state index in [1.165, 1.54) is 0 Å². The molecule has 1 aromatic carbocycles. The molecule has 1 aromatic heterocycles. The molecule has 4 heteroatoms. The third-order valence-electron chi connectivity index (χ3n) is 3.64. The molecule has 20 heavy (non-hydrogen) atoms. The molecule has 0 spiro atoms. The molecule has 1 aliphatic rings. The quantitative estimate of drug-likeness (QED) is 0.839. The Morgan fingerprint density at radius 1 is 1.35 bits per heavy atom. The fraction of sp³-hybridized carbons (Fsp3) is 0.438. The molecule has 3 rings (SSSR count). The van der Waals surface area contributed by atoms with Gasteiger partial charge in [-0.1, -0.05) is 30.3 Å². The summed E-state index contributed by atoms with van der Waals surface area (Å²) in [5.41, 5.74) is 1.11. The predicted molar refractivity (Wildman–Crippen MR) is 76.1 cm³/mol. The topological polar surface area (TPSA) is 36.3 Å². The number of ether oxygens (including phenoxy) is 2. The second-order valence-corrected chi connectivity index (χ2v) is 5.26. The highest BCUT2D eigenvalue weighted by atomic mass is 16.7. The van der Waals surface area contributed by atoms with E-state index in [9.17, 15) is 0 Å². The van der Waals surface area contributed by atoms with Gasteiger partial charge in [-0.3, -0.25) is 0 Å². The fourth-order valence-corrected chi connectivity index (χ4v) is 2.68. The maximum Gasteiger partial charge on any atom is 0.195 e. The van der Waals surface area contributed by atoms with Crippen LogP contribution in [0.2, 0.25) is 0 Å². The molecule has 2 aromatic rings. The first kappa shape index (κ1) is 13.3. The number of hydrogen-bond donors (Lipinski definition) is 0. The van der Waals surface area contributed by atoms with Gasteiger partial charge in [0.2, 0.25) is 0 Å². The van der Waals surface area contributed by atoms with E-state index in [0.717, 1.165) is 24.9 Å². The van der Waals surface area contributed by atoms with Crippen LogP contribution in [0.3, 0.4) is 0 Å². The van der Waals surface area contributed by atoms with Crippen molar-refractivity contribution in [3.05, 3.63) is 54.6 Å². The lowest BCUT2D eigenvalue weighted by Crippen LogP contribution is -2.28. The summed E-state index contributed by atoms with van der Waals surface area (Å²) in [6, 6.07) is 10.2. The van der Waals surface area contributed by atoms with Crippen LogP contribution in [0.5, 0.6) is 0 Å². The van der Waals surface area contributed by atoms with Crippen molar-refractivity contribution in [2.45, 2.75) is 38.2 Å². The minimum atomic E-state index is -0.582. The summed E-state index contributed by atoms with van der Waals surface area (Å²) in [4.78, 5) is 4.06. The highest BCUT2D eigenvalue weighted by Crippen LogP contribution is 2.38. The minimum Gasteiger partial charge on any atom is -0.343 e. The number of aryl methyl sites for hydroxylation is 1. The van der Waals surface area contributed by atoms with E-state index in [4.69, 9.17) is 9.47 Å². The van der Waals surface area contributed by atoms with E-state index in [1.807, 2.05) is 30.7 Å². The first-order valence-corrected chi connectivity index (χ1v) is 7.11. The molecule has 2 unspecified atom stereocenters. The van der Waals surface area contributed by atoms with Crippen LogP contribution >= 0.6 is 0 Å². The first-order chi connectivity index (χ1) is 9.78. The van der Waals surface area contributed by atoms with Gasteiger partial charge < -0.3 is 14.0 Å². The lowest BCUT2D eigenvalue weighted by Gasteiger charge is -2.28. The summed E-state index contributed by atoms with van der Waals surface area (Å²) in [6.07, 6.45) is 7.60. The fourth-order valence-electron chi connectivity index (χ4n) is 2.68. The van der Waals surface area contributed by atoms with Gasteiger partial charge in [0.05, 0.1) is 19.0 Å². The van der Waals surface area contributed by atoms with Crippen molar-refractivity contribution in [1.29, 1.82) is 0 Å². The summed E-state index contributed by atoms with van der Waals surface area (Å²) in [5.74, 6) is -0.582. The predicted octanol–water partition coefficient (Wildman–Crippen LogP) is 2.95. The van der Waals surface area contributed by atoms with E-state index in [1.54, 1.807) is 6.20 Å². The molecule has 4 nitrogen and oxygen atoms in total. The molecule has 1 fully saturated rings. The Balaban J connectivity index is 1.70. The van der Waals surface area contributed by atoms with E-state index in [-0.39, 0.29) is 6.10 Å². The van der Waals surface area contributed by atoms with Crippen molar-refractivity contribution >= 4 is 0 Å². The Hall–Kier alpha value is -1.65. The molecular weight excluding hydrogens is 252 g/mol. The van der Waals surface area contributed by atoms with Crippen LogP contribution in [0.1, 0.15) is 25.3 Å². The largest absolute Gasteiger partial charge is 0.343 e. The molecule has 2 atom stereocenters. The SMILES string of the molecule is CC1COC(CCCn2ccnc2)(c2ccccc2)O1. The van der Waals surface area contributed by atoms with Crippen LogP contribution in [0, 0.1) is 0 Å². The van der Waals surface area contributed by atoms with E-state index in [2.05, 4.69) is 28.6 Å². The third-order valence-corrected chi connectivity index (χ3v) is 3.64. The van der Waals surface area contributed by atoms with Gasteiger partial charge in [0.15, 0.2) is 5.79 Å². The van der Waals surface area contributed by atoms with Crippen LogP contribution in [0.25, 0.3) is 0 Å². The summed E-state index contributed by atoms with van der Waals surface area (Å²) in [6.45, 7) is 3.64. The summed E-state index contributed by atoms with van der Waals surface area (Å²) in [7, 11) is 0. The van der Waals surface area contributed by atoms with Crippen molar-refractivity contribution in [1.82, 2.24) is 9.55 Å². The Bertz CT molecular complexity index is 527. The van der Waals surface area contributed by atoms with Crippen molar-refractivity contribution in [2.24, 2.45) is 0 Å². The molecule has 0 bridgehead atoms. The maximum absolute atomic E-state index is 6.11. The van der Waals surface area contributed by atoms with Gasteiger partial charge in [0.25, 0.3) is 0 Å². The van der Waals surface area contributed by atoms with Gasteiger partial charge in [-0.15, -0.1) is 0 Å². The highest BCUT2D eigenvalue weighted by molar-refractivity contribution is 5.21. The maximum atomic E-state index is 6.11. The molecule has 0 radical (unpaired) electrons. The average molecular weight is 272 g/mol. The number of aromatic nitrogens is 2. The number of nitrogens with zero attached hydrogens (tertiary/aromatic N) is 2. The van der Waals surface area contributed by atoms with Crippen molar-refractivity contribution < 1.29 is 9.47 Å². The Morgan fingerprint density at radius 3 is 2.85 bits per heavy atom. The van der Waals surface area contributed by atoms with Crippen LogP contribution in [0.4, 0.5) is 0 Å². The first-order valence-electron chi connectivity index (χ1n) is 7.11. The second-order valence-electron chi connectivity index (χ2n) is 5.26. The van der Waals surface area contributed by atoms with Gasteiger partial charge in [-0.2, -0.15) is 0 Å². The Kier molecular flexibility index (Phi) is 3.85. The van der Waals surface area contributed by atoms with Gasteiger partial charge in [-0.25, -0.2) is 4.98 Å². The normalized spacial score (nSPS) is 25.9. The third kappa shape index (κ3) is 2.76. The molecule has 0 aliphatic carbocycles. The summed E-state index contributed by atoms with van der Waals surface area (Å²) < 4.78 is 14.2. The molecule has 0 N–H and O–H groups in total. The summed E-state index contributed by atoms with van der Waals surface area (Å²) >= 11 is 0. The van der Waals surface area contributed by atoms with Gasteiger partial charge in [-0.05, 0) is 13.3 Å². The molecular formula is C16H20N2O2. The molecule has 1 saturated heterocycles. The lowest BCUT2D eigenvalue weighted by atomic mass is 10.0. The van der Waals surface area contributed by atoms with Gasteiger partial charge in [0, 0.05) is 30.9 Å². The lowest BCUT2D eigenvalue weighted by molar-refractivity contribution is -0.181. The zero-order chi connectivity index (χ0) is 13.8. The Morgan fingerprint density at radius 2 is 2.20 bits per heavy atom. The van der Waals surface area contributed by atoms with Crippen LogP contribution in [0.15, 0.2) is 49.1 Å². The van der Waals surface area contributed by atoms with Crippen LogP contribution in [-0.4, -0.2) is 22.3 Å². The monoisotopic (exact) mass is 272 g/mol. The minimum absolute atomic E-state index is 0.142. The van der Waals surface area contributed by atoms with Gasteiger partial charge in [0.1, 0.15) is 0 Å². The number of benzene rings is 1. The average Bonchev–Trinajstić information content (AvgIpc) is 3.11. The van der Waals surface area contributed by atoms with Crippen LogP contribution in [-0.2, 0) is 21.8 Å².